The van der Waals surface area contributed by atoms with Gasteiger partial charge in [0, 0.05) is 12.8 Å². The lowest BCUT2D eigenvalue weighted by Gasteiger charge is -2.18. The Kier molecular flexibility index (Phi) is 51.7. The Balaban J connectivity index is 3.70. The van der Waals surface area contributed by atoms with E-state index in [4.69, 9.17) is 19.3 Å². The second kappa shape index (κ2) is 52.4. The van der Waals surface area contributed by atoms with E-state index in [0.29, 0.717) is 6.42 Å². The van der Waals surface area contributed by atoms with Gasteiger partial charge in [0.1, 0.15) is 6.61 Å². The van der Waals surface area contributed by atoms with Gasteiger partial charge in [0.15, 0.2) is 6.10 Å². The second-order valence-corrected chi connectivity index (χ2v) is 21.2. The highest BCUT2D eigenvalue weighted by atomic mass is 31.2. The molecule has 0 heterocycles. The summed E-state index contributed by atoms with van der Waals surface area (Å²) in [6.07, 6.45) is 61.5. The average Bonchev–Trinajstić information content (AvgIpc) is 3.28. The summed E-state index contributed by atoms with van der Waals surface area (Å²) in [4.78, 5) is 43.2. The molecule has 0 radical (unpaired) electrons. The standard InChI is InChI=1S/C56H111O8P/c1-3-5-7-9-11-13-15-17-19-21-23-25-27-29-31-33-35-37-39-41-43-45-47-49-51-56(58)64-54(53-63-65(59,60)61)52-62-55(57)50-48-46-44-42-40-38-36-34-32-30-28-26-24-22-20-18-16-14-12-10-8-6-4-2/h54H,3-53H2,1-2H3,(H2,59,60,61). The van der Waals surface area contributed by atoms with Gasteiger partial charge in [0.05, 0.1) is 6.61 Å². The fourth-order valence-electron chi connectivity index (χ4n) is 9.09. The lowest BCUT2D eigenvalue weighted by molar-refractivity contribution is -0.161. The number of carbonyl (C=O) groups excluding carboxylic acids is 2. The van der Waals surface area contributed by atoms with Crippen LogP contribution in [-0.2, 0) is 28.2 Å². The third-order valence-electron chi connectivity index (χ3n) is 13.4. The minimum atomic E-state index is -4.76. The largest absolute Gasteiger partial charge is 0.469 e. The summed E-state index contributed by atoms with van der Waals surface area (Å²) in [6.45, 7) is 3.77. The van der Waals surface area contributed by atoms with Gasteiger partial charge in [-0.05, 0) is 12.8 Å². The first-order valence-electron chi connectivity index (χ1n) is 28.8. The van der Waals surface area contributed by atoms with Crippen LogP contribution in [0.25, 0.3) is 0 Å². The van der Waals surface area contributed by atoms with E-state index in [-0.39, 0.29) is 19.4 Å². The molecule has 0 aromatic rings. The molecule has 8 nitrogen and oxygen atoms in total. The van der Waals surface area contributed by atoms with Gasteiger partial charge in [0.2, 0.25) is 0 Å². The van der Waals surface area contributed by atoms with E-state index in [1.165, 1.54) is 263 Å². The van der Waals surface area contributed by atoms with Gasteiger partial charge in [0.25, 0.3) is 0 Å². The molecule has 0 saturated heterocycles. The molecule has 65 heavy (non-hydrogen) atoms. The van der Waals surface area contributed by atoms with Crippen molar-refractivity contribution in [2.45, 2.75) is 335 Å². The normalized spacial score (nSPS) is 12.2. The first-order chi connectivity index (χ1) is 31.8. The van der Waals surface area contributed by atoms with E-state index in [0.717, 1.165) is 32.1 Å². The van der Waals surface area contributed by atoms with Crippen molar-refractivity contribution in [1.82, 2.24) is 0 Å². The Morgan fingerprint density at radius 1 is 0.338 bits per heavy atom. The predicted octanol–water partition coefficient (Wildman–Crippen LogP) is 18.7. The van der Waals surface area contributed by atoms with Crippen molar-refractivity contribution in [3.8, 4) is 0 Å². The summed E-state index contributed by atoms with van der Waals surface area (Å²) in [6, 6.07) is 0. The van der Waals surface area contributed by atoms with Gasteiger partial charge in [-0.2, -0.15) is 0 Å². The van der Waals surface area contributed by atoms with Crippen LogP contribution in [-0.4, -0.2) is 41.0 Å². The number of phosphoric acid groups is 1. The maximum absolute atomic E-state index is 12.5. The van der Waals surface area contributed by atoms with Gasteiger partial charge < -0.3 is 19.3 Å². The Morgan fingerprint density at radius 2 is 0.554 bits per heavy atom. The van der Waals surface area contributed by atoms with Crippen LogP contribution in [0.1, 0.15) is 328 Å². The van der Waals surface area contributed by atoms with E-state index in [1.807, 2.05) is 0 Å². The van der Waals surface area contributed by atoms with Crippen molar-refractivity contribution in [2.75, 3.05) is 13.2 Å². The molecule has 0 aliphatic rings. The molecule has 0 amide bonds. The third kappa shape index (κ3) is 55.5. The fourth-order valence-corrected chi connectivity index (χ4v) is 9.45. The maximum Gasteiger partial charge on any atom is 0.469 e. The van der Waals surface area contributed by atoms with E-state index >= 15 is 0 Å². The fraction of sp³-hybridized carbons (Fsp3) is 0.964. The maximum atomic E-state index is 12.5. The molecular formula is C56H111O8P. The molecular weight excluding hydrogens is 832 g/mol. The lowest BCUT2D eigenvalue weighted by atomic mass is 10.0. The third-order valence-corrected chi connectivity index (χ3v) is 13.9. The van der Waals surface area contributed by atoms with Crippen molar-refractivity contribution in [3.05, 3.63) is 0 Å². The zero-order valence-electron chi connectivity index (χ0n) is 43.4. The Hall–Kier alpha value is -0.950. The van der Waals surface area contributed by atoms with Crippen molar-refractivity contribution in [2.24, 2.45) is 0 Å². The summed E-state index contributed by atoms with van der Waals surface area (Å²) in [5.74, 6) is -0.857. The van der Waals surface area contributed by atoms with E-state index in [2.05, 4.69) is 18.4 Å². The zero-order chi connectivity index (χ0) is 47.4. The molecule has 0 spiro atoms. The van der Waals surface area contributed by atoms with Crippen LogP contribution in [0.2, 0.25) is 0 Å². The highest BCUT2D eigenvalue weighted by molar-refractivity contribution is 7.46. The average molecular weight is 943 g/mol. The van der Waals surface area contributed by atoms with Gasteiger partial charge >= 0.3 is 19.8 Å². The minimum absolute atomic E-state index is 0.221. The molecule has 388 valence electrons. The van der Waals surface area contributed by atoms with E-state index in [9.17, 15) is 14.2 Å². The Labute approximate surface area is 404 Å². The van der Waals surface area contributed by atoms with Crippen LogP contribution < -0.4 is 0 Å². The van der Waals surface area contributed by atoms with Crippen LogP contribution >= 0.6 is 7.82 Å². The quantitative estimate of drug-likeness (QED) is 0.0352. The predicted molar refractivity (Wildman–Crippen MR) is 276 cm³/mol. The monoisotopic (exact) mass is 943 g/mol. The molecule has 1 atom stereocenters. The highest BCUT2D eigenvalue weighted by Gasteiger charge is 2.23. The minimum Gasteiger partial charge on any atom is -0.462 e. The van der Waals surface area contributed by atoms with Gasteiger partial charge in [-0.1, -0.05) is 303 Å². The highest BCUT2D eigenvalue weighted by Crippen LogP contribution is 2.36. The molecule has 0 aliphatic carbocycles. The van der Waals surface area contributed by atoms with E-state index < -0.39 is 32.5 Å². The summed E-state index contributed by atoms with van der Waals surface area (Å²) < 4.78 is 26.6. The first-order valence-corrected chi connectivity index (χ1v) is 30.4. The topological polar surface area (TPSA) is 119 Å². The number of ether oxygens (including phenoxy) is 2. The number of rotatable bonds is 55. The van der Waals surface area contributed by atoms with Crippen molar-refractivity contribution < 1.29 is 37.9 Å². The molecule has 0 aromatic heterocycles. The lowest BCUT2D eigenvalue weighted by Crippen LogP contribution is -2.29. The van der Waals surface area contributed by atoms with Crippen molar-refractivity contribution >= 4 is 19.8 Å². The SMILES string of the molecule is CCCCCCCCCCCCCCCCCCCCCCCCCCC(=O)OC(COC(=O)CCCCCCCCCCCCCCCCCCCCCCCCC)COP(=O)(O)O. The molecule has 0 saturated carbocycles. The molecule has 2 N–H and O–H groups in total. The van der Waals surface area contributed by atoms with Crippen LogP contribution in [0.4, 0.5) is 0 Å². The van der Waals surface area contributed by atoms with Gasteiger partial charge in [-0.15, -0.1) is 0 Å². The zero-order valence-corrected chi connectivity index (χ0v) is 44.3. The van der Waals surface area contributed by atoms with Gasteiger partial charge in [-0.3, -0.25) is 14.1 Å². The van der Waals surface area contributed by atoms with Crippen LogP contribution in [0.5, 0.6) is 0 Å². The molecule has 0 rings (SSSR count). The first kappa shape index (κ1) is 64.0. The number of phosphoric ester groups is 1. The number of hydrogen-bond acceptors (Lipinski definition) is 6. The van der Waals surface area contributed by atoms with Crippen molar-refractivity contribution in [1.29, 1.82) is 0 Å². The van der Waals surface area contributed by atoms with Crippen LogP contribution in [0.15, 0.2) is 0 Å². The molecule has 0 fully saturated rings. The summed E-state index contributed by atoms with van der Waals surface area (Å²) >= 11 is 0. The molecule has 0 bridgehead atoms. The number of esters is 2. The summed E-state index contributed by atoms with van der Waals surface area (Å²) in [7, 11) is -4.76. The van der Waals surface area contributed by atoms with Gasteiger partial charge in [-0.25, -0.2) is 4.57 Å². The van der Waals surface area contributed by atoms with Crippen LogP contribution in [0.3, 0.4) is 0 Å². The number of hydrogen-bond donors (Lipinski definition) is 2. The number of unbranched alkanes of at least 4 members (excludes halogenated alkanes) is 45. The Bertz CT molecular complexity index is 1020. The molecule has 9 heteroatoms. The molecule has 0 aromatic carbocycles. The van der Waals surface area contributed by atoms with Crippen molar-refractivity contribution in [3.63, 3.8) is 0 Å². The summed E-state index contributed by atoms with van der Waals surface area (Å²) in [5.41, 5.74) is 0. The van der Waals surface area contributed by atoms with E-state index in [1.54, 1.807) is 0 Å². The molecule has 0 aliphatic heterocycles. The Morgan fingerprint density at radius 3 is 0.785 bits per heavy atom. The van der Waals surface area contributed by atoms with Crippen LogP contribution in [0, 0.1) is 0 Å². The number of carbonyl (C=O) groups is 2. The second-order valence-electron chi connectivity index (χ2n) is 20.0. The molecule has 1 unspecified atom stereocenters. The summed E-state index contributed by atoms with van der Waals surface area (Å²) in [5, 5.41) is 0. The smallest absolute Gasteiger partial charge is 0.462 e.